The second-order valence-electron chi connectivity index (χ2n) is 5.55. The van der Waals surface area contributed by atoms with Gasteiger partial charge in [-0.25, -0.2) is 0 Å². The minimum atomic E-state index is -1.01. The van der Waals surface area contributed by atoms with Crippen molar-refractivity contribution in [3.63, 3.8) is 0 Å². The van der Waals surface area contributed by atoms with Gasteiger partial charge in [-0.2, -0.15) is 10.4 Å². The molecule has 2 N–H and O–H groups in total. The normalized spacial score (nSPS) is 15.1. The summed E-state index contributed by atoms with van der Waals surface area (Å²) in [6.45, 7) is 1.00. The number of nitrogens with zero attached hydrogens (tertiary/aromatic N) is 5. The van der Waals surface area contributed by atoms with Crippen molar-refractivity contribution in [3.05, 3.63) is 41.0 Å². The van der Waals surface area contributed by atoms with E-state index >= 15 is 0 Å². The maximum atomic E-state index is 12.6. The number of aliphatic hydroxyl groups excluding tert-OH is 2. The number of hydrogen-bond donors (Lipinski definition) is 2. The van der Waals surface area contributed by atoms with E-state index in [1.807, 2.05) is 6.07 Å². The summed E-state index contributed by atoms with van der Waals surface area (Å²) in [4.78, 5) is 14.3. The van der Waals surface area contributed by atoms with Crippen molar-refractivity contribution in [1.82, 2.24) is 19.2 Å². The van der Waals surface area contributed by atoms with Gasteiger partial charge < -0.3 is 19.7 Å². The van der Waals surface area contributed by atoms with Crippen LogP contribution in [0.2, 0.25) is 0 Å². The van der Waals surface area contributed by atoms with Gasteiger partial charge in [-0.1, -0.05) is 0 Å². The number of amides is 1. The van der Waals surface area contributed by atoms with Crippen molar-refractivity contribution in [2.24, 2.45) is 7.05 Å². The third-order valence-corrected chi connectivity index (χ3v) is 3.97. The summed E-state index contributed by atoms with van der Waals surface area (Å²) in [5.74, 6) is -0.147. The summed E-state index contributed by atoms with van der Waals surface area (Å²) in [7, 11) is 1.73. The Morgan fingerprint density at radius 2 is 2.26 bits per heavy atom. The van der Waals surface area contributed by atoms with Crippen LogP contribution in [0.3, 0.4) is 0 Å². The van der Waals surface area contributed by atoms with E-state index in [9.17, 15) is 9.90 Å². The maximum absolute atomic E-state index is 12.6. The van der Waals surface area contributed by atoms with Crippen LogP contribution in [0.25, 0.3) is 0 Å². The van der Waals surface area contributed by atoms with Crippen LogP contribution in [0.15, 0.2) is 18.3 Å². The third kappa shape index (κ3) is 2.72. The quantitative estimate of drug-likeness (QED) is 0.814. The molecule has 3 heterocycles. The molecule has 120 valence electrons. The zero-order valence-corrected chi connectivity index (χ0v) is 12.7. The molecule has 2 aromatic heterocycles. The van der Waals surface area contributed by atoms with Gasteiger partial charge in [-0.15, -0.1) is 0 Å². The van der Waals surface area contributed by atoms with Crippen LogP contribution in [0.5, 0.6) is 0 Å². The zero-order valence-electron chi connectivity index (χ0n) is 12.7. The van der Waals surface area contributed by atoms with Crippen LogP contribution in [-0.2, 0) is 20.1 Å². The average Bonchev–Trinajstić information content (AvgIpc) is 3.15. The molecule has 1 atom stereocenters. The SMILES string of the molecule is Cn1cc(C#N)cc1C(=O)N1CCn2nc([C@@H](O)CO)cc2C1. The molecule has 0 bridgehead atoms. The summed E-state index contributed by atoms with van der Waals surface area (Å²) in [6.07, 6.45) is 0.611. The molecule has 3 rings (SSSR count). The van der Waals surface area contributed by atoms with E-state index in [0.29, 0.717) is 36.6 Å². The standard InChI is InChI=1S/C15H17N5O3/c1-18-7-10(6-16)4-13(18)15(23)19-2-3-20-11(8-19)5-12(17-20)14(22)9-21/h4-5,7,14,21-22H,2-3,8-9H2,1H3/t14-/m0/s1. The zero-order chi connectivity index (χ0) is 16.6. The van der Waals surface area contributed by atoms with E-state index in [2.05, 4.69) is 5.10 Å². The number of aliphatic hydroxyl groups is 2. The molecule has 0 aliphatic carbocycles. The van der Waals surface area contributed by atoms with Gasteiger partial charge in [0, 0.05) is 19.8 Å². The Balaban J connectivity index is 1.81. The molecular weight excluding hydrogens is 298 g/mol. The van der Waals surface area contributed by atoms with Gasteiger partial charge in [0.05, 0.1) is 36.6 Å². The Kier molecular flexibility index (Phi) is 3.90. The Hall–Kier alpha value is -2.63. The number of rotatable bonds is 3. The minimum absolute atomic E-state index is 0.147. The first-order valence-corrected chi connectivity index (χ1v) is 7.24. The number of nitriles is 1. The first kappa shape index (κ1) is 15.3. The summed E-state index contributed by atoms with van der Waals surface area (Å²) < 4.78 is 3.39. The van der Waals surface area contributed by atoms with Gasteiger partial charge in [-0.05, 0) is 12.1 Å². The van der Waals surface area contributed by atoms with Crippen LogP contribution < -0.4 is 0 Å². The molecule has 0 fully saturated rings. The van der Waals surface area contributed by atoms with Gasteiger partial charge in [0.25, 0.3) is 5.91 Å². The molecule has 0 unspecified atom stereocenters. The number of fused-ring (bicyclic) bond motifs is 1. The first-order chi connectivity index (χ1) is 11.0. The summed E-state index contributed by atoms with van der Waals surface area (Å²) in [5.41, 5.74) is 2.13. The maximum Gasteiger partial charge on any atom is 0.270 e. The highest BCUT2D eigenvalue weighted by Gasteiger charge is 2.26. The first-order valence-electron chi connectivity index (χ1n) is 7.24. The summed E-state index contributed by atoms with van der Waals surface area (Å²) >= 11 is 0. The largest absolute Gasteiger partial charge is 0.393 e. The third-order valence-electron chi connectivity index (χ3n) is 3.97. The van der Waals surface area contributed by atoms with Crippen molar-refractivity contribution in [1.29, 1.82) is 5.26 Å². The lowest BCUT2D eigenvalue weighted by Crippen LogP contribution is -2.39. The fourth-order valence-corrected chi connectivity index (χ4v) is 2.72. The van der Waals surface area contributed by atoms with Gasteiger partial charge in [0.15, 0.2) is 0 Å². The number of aryl methyl sites for hydroxylation is 1. The highest BCUT2D eigenvalue weighted by atomic mass is 16.3. The molecule has 1 aliphatic rings. The van der Waals surface area contributed by atoms with Crippen molar-refractivity contribution in [3.8, 4) is 6.07 Å². The number of hydrogen-bond acceptors (Lipinski definition) is 5. The molecule has 0 saturated carbocycles. The molecule has 2 aromatic rings. The molecule has 8 heteroatoms. The van der Waals surface area contributed by atoms with E-state index in [0.717, 1.165) is 5.69 Å². The Morgan fingerprint density at radius 1 is 1.48 bits per heavy atom. The molecule has 0 saturated heterocycles. The van der Waals surface area contributed by atoms with Crippen molar-refractivity contribution >= 4 is 5.91 Å². The highest BCUT2D eigenvalue weighted by Crippen LogP contribution is 2.20. The lowest BCUT2D eigenvalue weighted by atomic mass is 10.2. The van der Waals surface area contributed by atoms with Crippen molar-refractivity contribution in [2.75, 3.05) is 13.2 Å². The molecule has 0 aromatic carbocycles. The van der Waals surface area contributed by atoms with Gasteiger partial charge in [-0.3, -0.25) is 9.48 Å². The molecule has 23 heavy (non-hydrogen) atoms. The highest BCUT2D eigenvalue weighted by molar-refractivity contribution is 5.93. The van der Waals surface area contributed by atoms with Crippen LogP contribution in [0, 0.1) is 11.3 Å². The van der Waals surface area contributed by atoms with Crippen molar-refractivity contribution in [2.45, 2.75) is 19.2 Å². The monoisotopic (exact) mass is 315 g/mol. The average molecular weight is 315 g/mol. The van der Waals surface area contributed by atoms with E-state index in [1.165, 1.54) is 0 Å². The number of carbonyl (C=O) groups excluding carboxylic acids is 1. The lowest BCUT2D eigenvalue weighted by molar-refractivity contribution is 0.0695. The van der Waals surface area contributed by atoms with Gasteiger partial charge >= 0.3 is 0 Å². The fraction of sp³-hybridized carbons (Fsp3) is 0.400. The van der Waals surface area contributed by atoms with E-state index in [1.54, 1.807) is 39.5 Å². The van der Waals surface area contributed by atoms with Crippen LogP contribution in [0.4, 0.5) is 0 Å². The summed E-state index contributed by atoms with van der Waals surface area (Å²) in [6, 6.07) is 5.31. The molecule has 0 radical (unpaired) electrons. The van der Waals surface area contributed by atoms with Crippen LogP contribution in [0.1, 0.15) is 33.5 Å². The molecule has 1 amide bonds. The second-order valence-corrected chi connectivity index (χ2v) is 5.55. The van der Waals surface area contributed by atoms with Gasteiger partial charge in [0.2, 0.25) is 0 Å². The fourth-order valence-electron chi connectivity index (χ4n) is 2.72. The second kappa shape index (κ2) is 5.87. The van der Waals surface area contributed by atoms with Gasteiger partial charge in [0.1, 0.15) is 17.9 Å². The molecule has 8 nitrogen and oxygen atoms in total. The lowest BCUT2D eigenvalue weighted by Gasteiger charge is -2.27. The summed E-state index contributed by atoms with van der Waals surface area (Å²) in [5, 5.41) is 31.8. The van der Waals surface area contributed by atoms with Crippen LogP contribution >= 0.6 is 0 Å². The Labute approximate surface area is 132 Å². The molecule has 0 spiro atoms. The number of carbonyl (C=O) groups is 1. The van der Waals surface area contributed by atoms with E-state index in [4.69, 9.17) is 10.4 Å². The minimum Gasteiger partial charge on any atom is -0.393 e. The molecule has 1 aliphatic heterocycles. The topological polar surface area (TPSA) is 107 Å². The van der Waals surface area contributed by atoms with Crippen LogP contribution in [-0.4, -0.2) is 48.5 Å². The predicted octanol–water partition coefficient (Wildman–Crippen LogP) is -0.225. The Bertz CT molecular complexity index is 786. The van der Waals surface area contributed by atoms with E-state index in [-0.39, 0.29) is 12.5 Å². The van der Waals surface area contributed by atoms with E-state index < -0.39 is 6.10 Å². The smallest absolute Gasteiger partial charge is 0.270 e. The number of aromatic nitrogens is 3. The Morgan fingerprint density at radius 3 is 2.91 bits per heavy atom. The van der Waals surface area contributed by atoms with Crippen molar-refractivity contribution < 1.29 is 15.0 Å². The predicted molar refractivity (Wildman–Crippen MR) is 79.1 cm³/mol. The molecular formula is C15H17N5O3.